The van der Waals surface area contributed by atoms with Gasteiger partial charge in [-0.2, -0.15) is 0 Å². The molecule has 7 nitrogen and oxygen atoms in total. The van der Waals surface area contributed by atoms with Crippen LogP contribution < -0.4 is 5.32 Å². The third-order valence-electron chi connectivity index (χ3n) is 4.24. The van der Waals surface area contributed by atoms with Crippen molar-refractivity contribution in [3.8, 4) is 0 Å². The van der Waals surface area contributed by atoms with Crippen LogP contribution in [-0.2, 0) is 14.4 Å². The summed E-state index contributed by atoms with van der Waals surface area (Å²) >= 11 is 0. The van der Waals surface area contributed by atoms with Crippen LogP contribution in [0.3, 0.4) is 0 Å². The lowest BCUT2D eigenvalue weighted by Gasteiger charge is -2.15. The molecule has 2 aromatic rings. The zero-order valence-electron chi connectivity index (χ0n) is 14.4. The maximum absolute atomic E-state index is 12.3. The number of fused-ring (bicyclic) bond motifs is 1. The maximum atomic E-state index is 12.3. The third-order valence-corrected chi connectivity index (χ3v) is 4.24. The van der Waals surface area contributed by atoms with Gasteiger partial charge >= 0.3 is 17.8 Å². The molecule has 1 aliphatic heterocycles. The van der Waals surface area contributed by atoms with Gasteiger partial charge in [0.2, 0.25) is 5.91 Å². The second kappa shape index (κ2) is 7.35. The van der Waals surface area contributed by atoms with Gasteiger partial charge in [-0.3, -0.25) is 19.3 Å². The van der Waals surface area contributed by atoms with E-state index >= 15 is 0 Å². The van der Waals surface area contributed by atoms with Crippen LogP contribution in [0.5, 0.6) is 0 Å². The second-order valence-electron chi connectivity index (χ2n) is 6.06. The Morgan fingerprint density at radius 3 is 2.42 bits per heavy atom. The summed E-state index contributed by atoms with van der Waals surface area (Å²) in [5, 5.41) is 4.52. The Kier molecular flexibility index (Phi) is 4.97. The Balaban J connectivity index is 1.72. The molecule has 1 saturated heterocycles. The van der Waals surface area contributed by atoms with Crippen LogP contribution in [0.15, 0.2) is 42.5 Å². The maximum Gasteiger partial charge on any atom is 0.334 e. The molecule has 1 aliphatic rings. The molecule has 0 spiro atoms. The normalized spacial score (nSPS) is 14.4. The predicted molar refractivity (Wildman–Crippen MR) is 96.3 cm³/mol. The van der Waals surface area contributed by atoms with Crippen molar-refractivity contribution in [3.63, 3.8) is 0 Å². The molecule has 1 fully saturated rings. The monoisotopic (exact) mass is 353 g/mol. The van der Waals surface area contributed by atoms with Gasteiger partial charge in [-0.1, -0.05) is 49.7 Å². The predicted octanol–water partition coefficient (Wildman–Crippen LogP) is 2.37. The molecule has 2 aromatic carbocycles. The van der Waals surface area contributed by atoms with Crippen molar-refractivity contribution in [1.29, 1.82) is 0 Å². The first-order valence-corrected chi connectivity index (χ1v) is 8.48. The fraction of sp³-hybridized carbons (Fsp3) is 0.263. The smallest absolute Gasteiger partial charge is 0.324 e. The van der Waals surface area contributed by atoms with E-state index in [1.54, 1.807) is 12.1 Å². The highest BCUT2D eigenvalue weighted by Gasteiger charge is 2.44. The van der Waals surface area contributed by atoms with Gasteiger partial charge in [0.1, 0.15) is 6.54 Å². The summed E-state index contributed by atoms with van der Waals surface area (Å²) in [6.45, 7) is 1.61. The van der Waals surface area contributed by atoms with Crippen molar-refractivity contribution in [2.45, 2.75) is 19.8 Å². The molecule has 7 heteroatoms. The fourth-order valence-electron chi connectivity index (χ4n) is 2.87. The minimum Gasteiger partial charge on any atom is -0.324 e. The lowest BCUT2D eigenvalue weighted by molar-refractivity contribution is -0.143. The van der Waals surface area contributed by atoms with Crippen LogP contribution in [-0.4, -0.2) is 46.6 Å². The summed E-state index contributed by atoms with van der Waals surface area (Å²) in [6.07, 6.45) is 1.40. The number of amides is 5. The molecular weight excluding hydrogens is 334 g/mol. The molecule has 0 aliphatic carbocycles. The first-order chi connectivity index (χ1) is 12.5. The van der Waals surface area contributed by atoms with Crippen molar-refractivity contribution in [2.75, 3.05) is 18.4 Å². The van der Waals surface area contributed by atoms with E-state index in [2.05, 4.69) is 5.32 Å². The number of benzene rings is 2. The van der Waals surface area contributed by atoms with Crippen LogP contribution >= 0.6 is 0 Å². The largest absolute Gasteiger partial charge is 0.334 e. The topological polar surface area (TPSA) is 86.8 Å². The third kappa shape index (κ3) is 3.28. The minimum atomic E-state index is -0.959. The first kappa shape index (κ1) is 17.6. The van der Waals surface area contributed by atoms with Gasteiger partial charge in [0, 0.05) is 17.6 Å². The lowest BCUT2D eigenvalue weighted by Crippen LogP contribution is -2.39. The minimum absolute atomic E-state index is 0.182. The quantitative estimate of drug-likeness (QED) is 0.638. The summed E-state index contributed by atoms with van der Waals surface area (Å²) in [7, 11) is 0. The number of nitrogens with zero attached hydrogens (tertiary/aromatic N) is 2. The van der Waals surface area contributed by atoms with Crippen molar-refractivity contribution in [3.05, 3.63) is 42.5 Å². The van der Waals surface area contributed by atoms with Crippen molar-refractivity contribution in [2.24, 2.45) is 0 Å². The van der Waals surface area contributed by atoms with E-state index in [0.29, 0.717) is 17.0 Å². The zero-order chi connectivity index (χ0) is 18.7. The van der Waals surface area contributed by atoms with Crippen molar-refractivity contribution < 1.29 is 19.2 Å². The Morgan fingerprint density at radius 1 is 0.962 bits per heavy atom. The van der Waals surface area contributed by atoms with Gasteiger partial charge in [0.05, 0.1) is 0 Å². The summed E-state index contributed by atoms with van der Waals surface area (Å²) in [6, 6.07) is 12.3. The molecular formula is C19H19N3O4. The molecule has 1 heterocycles. The van der Waals surface area contributed by atoms with Crippen LogP contribution in [0.1, 0.15) is 19.8 Å². The van der Waals surface area contributed by atoms with Gasteiger partial charge in [-0.15, -0.1) is 0 Å². The second-order valence-corrected chi connectivity index (χ2v) is 6.06. The molecule has 5 amide bonds. The summed E-state index contributed by atoms with van der Waals surface area (Å²) in [4.78, 5) is 50.2. The zero-order valence-corrected chi connectivity index (χ0v) is 14.4. The Hall–Kier alpha value is -3.22. The van der Waals surface area contributed by atoms with Gasteiger partial charge < -0.3 is 5.32 Å². The number of anilines is 1. The number of rotatable bonds is 6. The number of carbonyl (C=O) groups is 4. The van der Waals surface area contributed by atoms with Gasteiger partial charge in [-0.05, 0) is 17.9 Å². The molecule has 0 radical (unpaired) electrons. The first-order valence-electron chi connectivity index (χ1n) is 8.48. The Morgan fingerprint density at radius 2 is 1.65 bits per heavy atom. The highest BCUT2D eigenvalue weighted by Crippen LogP contribution is 2.23. The molecule has 0 saturated carbocycles. The highest BCUT2D eigenvalue weighted by molar-refractivity contribution is 6.45. The molecule has 3 rings (SSSR count). The van der Waals surface area contributed by atoms with E-state index in [4.69, 9.17) is 0 Å². The Labute approximate surface area is 150 Å². The molecule has 0 atom stereocenters. The van der Waals surface area contributed by atoms with E-state index in [-0.39, 0.29) is 6.54 Å². The number of hydrogen-bond donors (Lipinski definition) is 1. The van der Waals surface area contributed by atoms with Crippen molar-refractivity contribution >= 4 is 40.2 Å². The van der Waals surface area contributed by atoms with E-state index in [1.807, 2.05) is 37.3 Å². The standard InChI is InChI=1S/C19H19N3O4/c1-2-3-11-21-17(24)18(25)22(19(21)26)12-16(23)20-15-10-6-8-13-7-4-5-9-14(13)15/h4-10H,2-3,11-12H2,1H3,(H,20,23). The molecule has 0 bridgehead atoms. The Bertz CT molecular complexity index is 888. The van der Waals surface area contributed by atoms with Crippen LogP contribution in [0.25, 0.3) is 10.8 Å². The van der Waals surface area contributed by atoms with E-state index in [1.165, 1.54) is 0 Å². The van der Waals surface area contributed by atoms with Crippen LogP contribution in [0.2, 0.25) is 0 Å². The fourth-order valence-corrected chi connectivity index (χ4v) is 2.87. The molecule has 0 aromatic heterocycles. The number of carbonyl (C=O) groups excluding carboxylic acids is 4. The van der Waals surface area contributed by atoms with Gasteiger partial charge in [-0.25, -0.2) is 9.69 Å². The molecule has 1 N–H and O–H groups in total. The SMILES string of the molecule is CCCCN1C(=O)C(=O)N(CC(=O)Nc2cccc3ccccc23)C1=O. The highest BCUT2D eigenvalue weighted by atomic mass is 16.2. The summed E-state index contributed by atoms with van der Waals surface area (Å²) < 4.78 is 0. The average molecular weight is 353 g/mol. The summed E-state index contributed by atoms with van der Waals surface area (Å²) in [5.41, 5.74) is 0.585. The summed E-state index contributed by atoms with van der Waals surface area (Å²) in [5.74, 6) is -2.37. The van der Waals surface area contributed by atoms with Gasteiger partial charge in [0.15, 0.2) is 0 Å². The van der Waals surface area contributed by atoms with Crippen LogP contribution in [0, 0.1) is 0 Å². The lowest BCUT2D eigenvalue weighted by atomic mass is 10.1. The van der Waals surface area contributed by atoms with E-state index < -0.39 is 30.3 Å². The van der Waals surface area contributed by atoms with Crippen LogP contribution in [0.4, 0.5) is 10.5 Å². The number of hydrogen-bond acceptors (Lipinski definition) is 4. The molecule has 0 unspecified atom stereocenters. The van der Waals surface area contributed by atoms with E-state index in [9.17, 15) is 19.2 Å². The van der Waals surface area contributed by atoms with Gasteiger partial charge in [0.25, 0.3) is 0 Å². The molecule has 26 heavy (non-hydrogen) atoms. The average Bonchev–Trinajstić information content (AvgIpc) is 2.84. The molecule has 134 valence electrons. The van der Waals surface area contributed by atoms with Crippen molar-refractivity contribution in [1.82, 2.24) is 9.80 Å². The number of unbranched alkanes of at least 4 members (excludes halogenated alkanes) is 1. The van der Waals surface area contributed by atoms with E-state index in [0.717, 1.165) is 22.1 Å². The number of nitrogens with one attached hydrogen (secondary N) is 1. The number of imide groups is 2. The number of urea groups is 1.